The van der Waals surface area contributed by atoms with Gasteiger partial charge in [-0.2, -0.15) is 0 Å². The molecule has 2 rings (SSSR count). The fraction of sp³-hybridized carbons (Fsp3) is 0.407. The van der Waals surface area contributed by atoms with Crippen LogP contribution >= 0.6 is 11.6 Å². The van der Waals surface area contributed by atoms with Gasteiger partial charge in [0.15, 0.2) is 0 Å². The van der Waals surface area contributed by atoms with E-state index in [2.05, 4.69) is 18.5 Å². The normalized spacial score (nSPS) is 19.4. The van der Waals surface area contributed by atoms with Crippen molar-refractivity contribution in [1.29, 1.82) is 0 Å². The Labute approximate surface area is 195 Å². The number of aryl methyl sites for hydroxylation is 1. The van der Waals surface area contributed by atoms with Crippen molar-refractivity contribution in [2.24, 2.45) is 11.8 Å². The lowest BCUT2D eigenvalue weighted by atomic mass is 9.78. The zero-order chi connectivity index (χ0) is 24.4. The summed E-state index contributed by atoms with van der Waals surface area (Å²) in [5.41, 5.74) is 5.18. The third-order valence-corrected chi connectivity index (χ3v) is 6.68. The number of hydrogen-bond donors (Lipinski definition) is 1. The summed E-state index contributed by atoms with van der Waals surface area (Å²) in [5.74, 6) is -5.57. The van der Waals surface area contributed by atoms with Crippen molar-refractivity contribution in [3.05, 3.63) is 82.0 Å². The number of allylic oxidation sites excluding steroid dienone is 5. The van der Waals surface area contributed by atoms with Crippen molar-refractivity contribution in [1.82, 2.24) is 5.32 Å². The minimum absolute atomic E-state index is 0.0452. The molecule has 1 nitrogen and oxygen atoms in total. The molecular formula is C27H33ClF3N. The molecule has 5 heteroatoms. The van der Waals surface area contributed by atoms with E-state index in [1.807, 2.05) is 27.7 Å². The molecule has 174 valence electrons. The van der Waals surface area contributed by atoms with Crippen LogP contribution in [0.15, 0.2) is 65.3 Å². The minimum atomic E-state index is -3.09. The van der Waals surface area contributed by atoms with Gasteiger partial charge in [-0.15, -0.1) is 0 Å². The lowest BCUT2D eigenvalue weighted by Gasteiger charge is -2.31. The van der Waals surface area contributed by atoms with Crippen LogP contribution in [0.2, 0.25) is 0 Å². The zero-order valence-electron chi connectivity index (χ0n) is 19.8. The molecule has 1 aromatic carbocycles. The van der Waals surface area contributed by atoms with Crippen LogP contribution in [0.1, 0.15) is 57.7 Å². The first kappa shape index (κ1) is 26.1. The molecule has 1 N–H and O–H groups in total. The monoisotopic (exact) mass is 463 g/mol. The molecular weight excluding hydrogens is 431 g/mol. The molecule has 0 bridgehead atoms. The van der Waals surface area contributed by atoms with Gasteiger partial charge < -0.3 is 5.32 Å². The van der Waals surface area contributed by atoms with Crippen molar-refractivity contribution in [3.63, 3.8) is 0 Å². The molecule has 0 aromatic heterocycles. The minimum Gasteiger partial charge on any atom is -0.379 e. The molecule has 3 unspecified atom stereocenters. The van der Waals surface area contributed by atoms with Gasteiger partial charge in [0.2, 0.25) is 0 Å². The van der Waals surface area contributed by atoms with E-state index in [1.54, 1.807) is 31.2 Å². The lowest BCUT2D eigenvalue weighted by Crippen LogP contribution is -2.30. The number of halogens is 4. The second-order valence-corrected chi connectivity index (χ2v) is 9.41. The standard InChI is InChI=1S/C27H33ClF3N/c1-15(2)19(6)32-20(7)23-10-9-21(11-16(23)3)25(29)14-24(27(8,30)31)22-12-17(4)26(28)18(5)13-22/h9-12,14,19,22,24,32H,1,7,13H2,2-6,8H3/b25-14-. The number of alkyl halides is 2. The maximum absolute atomic E-state index is 15.2. The highest BCUT2D eigenvalue weighted by atomic mass is 35.5. The summed E-state index contributed by atoms with van der Waals surface area (Å²) in [6, 6.07) is 5.06. The first-order valence-corrected chi connectivity index (χ1v) is 11.1. The van der Waals surface area contributed by atoms with E-state index in [9.17, 15) is 8.78 Å². The zero-order valence-corrected chi connectivity index (χ0v) is 20.5. The molecule has 0 radical (unpaired) electrons. The summed E-state index contributed by atoms with van der Waals surface area (Å²) >= 11 is 6.23. The molecule has 1 aromatic rings. The third-order valence-electron chi connectivity index (χ3n) is 6.06. The number of rotatable bonds is 8. The van der Waals surface area contributed by atoms with Gasteiger partial charge in [0.25, 0.3) is 5.92 Å². The summed E-state index contributed by atoms with van der Waals surface area (Å²) in [6.07, 6.45) is 3.16. The Morgan fingerprint density at radius 2 is 1.88 bits per heavy atom. The fourth-order valence-corrected chi connectivity index (χ4v) is 4.12. The fourth-order valence-electron chi connectivity index (χ4n) is 3.98. The van der Waals surface area contributed by atoms with Crippen LogP contribution in [0.4, 0.5) is 13.2 Å². The van der Waals surface area contributed by atoms with E-state index in [-0.39, 0.29) is 11.6 Å². The Morgan fingerprint density at radius 1 is 1.25 bits per heavy atom. The van der Waals surface area contributed by atoms with Gasteiger partial charge in [-0.3, -0.25) is 0 Å². The topological polar surface area (TPSA) is 12.0 Å². The predicted molar refractivity (Wildman–Crippen MR) is 131 cm³/mol. The smallest absolute Gasteiger partial charge is 0.252 e. The maximum Gasteiger partial charge on any atom is 0.252 e. The molecule has 0 aliphatic heterocycles. The van der Waals surface area contributed by atoms with Crippen LogP contribution < -0.4 is 5.32 Å². The molecule has 0 amide bonds. The Kier molecular flexibility index (Phi) is 8.27. The van der Waals surface area contributed by atoms with E-state index in [4.69, 9.17) is 11.6 Å². The number of nitrogens with one attached hydrogen (secondary N) is 1. The highest BCUT2D eigenvalue weighted by Crippen LogP contribution is 2.42. The van der Waals surface area contributed by atoms with Crippen LogP contribution in [-0.4, -0.2) is 12.0 Å². The molecule has 1 aliphatic carbocycles. The molecule has 0 heterocycles. The summed E-state index contributed by atoms with van der Waals surface area (Å²) in [5, 5.41) is 3.87. The highest BCUT2D eigenvalue weighted by Gasteiger charge is 2.39. The Bertz CT molecular complexity index is 995. The lowest BCUT2D eigenvalue weighted by molar-refractivity contribution is -0.0355. The quantitative estimate of drug-likeness (QED) is 0.380. The van der Waals surface area contributed by atoms with E-state index in [1.165, 1.54) is 0 Å². The first-order valence-electron chi connectivity index (χ1n) is 10.7. The largest absolute Gasteiger partial charge is 0.379 e. The van der Waals surface area contributed by atoms with Crippen LogP contribution in [0.3, 0.4) is 0 Å². The second kappa shape index (κ2) is 10.2. The maximum atomic E-state index is 15.2. The van der Waals surface area contributed by atoms with Gasteiger partial charge in [0.1, 0.15) is 5.83 Å². The highest BCUT2D eigenvalue weighted by molar-refractivity contribution is 6.32. The third kappa shape index (κ3) is 6.19. The van der Waals surface area contributed by atoms with Crippen LogP contribution in [0, 0.1) is 18.8 Å². The van der Waals surface area contributed by atoms with Gasteiger partial charge in [-0.25, -0.2) is 13.2 Å². The number of hydrogen-bond acceptors (Lipinski definition) is 1. The van der Waals surface area contributed by atoms with Gasteiger partial charge in [0, 0.05) is 22.3 Å². The van der Waals surface area contributed by atoms with E-state index in [0.29, 0.717) is 17.2 Å². The van der Waals surface area contributed by atoms with Crippen molar-refractivity contribution >= 4 is 23.1 Å². The van der Waals surface area contributed by atoms with Crippen LogP contribution in [-0.2, 0) is 0 Å². The van der Waals surface area contributed by atoms with Crippen LogP contribution in [0.25, 0.3) is 11.5 Å². The molecule has 0 saturated heterocycles. The van der Waals surface area contributed by atoms with Crippen molar-refractivity contribution < 1.29 is 13.2 Å². The SMILES string of the molecule is C=C(NC(C)C(=C)C)c1ccc(/C(F)=C/C(C2C=C(C)C(Cl)=C(C)C2)C(C)(F)F)cc1C. The summed E-state index contributed by atoms with van der Waals surface area (Å²) in [6.45, 7) is 18.2. The number of benzene rings is 1. The van der Waals surface area contributed by atoms with E-state index >= 15 is 4.39 Å². The summed E-state index contributed by atoms with van der Waals surface area (Å²) in [4.78, 5) is 0. The molecule has 32 heavy (non-hydrogen) atoms. The Hall–Kier alpha value is -2.20. The van der Waals surface area contributed by atoms with Gasteiger partial charge in [-0.05, 0) is 82.7 Å². The van der Waals surface area contributed by atoms with Gasteiger partial charge >= 0.3 is 0 Å². The Morgan fingerprint density at radius 3 is 2.38 bits per heavy atom. The van der Waals surface area contributed by atoms with Crippen molar-refractivity contribution in [3.8, 4) is 0 Å². The summed E-state index contributed by atoms with van der Waals surface area (Å²) < 4.78 is 44.2. The van der Waals surface area contributed by atoms with Crippen LogP contribution in [0.5, 0.6) is 0 Å². The predicted octanol–water partition coefficient (Wildman–Crippen LogP) is 8.58. The first-order chi connectivity index (χ1) is 14.7. The average Bonchev–Trinajstić information content (AvgIpc) is 2.68. The second-order valence-electron chi connectivity index (χ2n) is 9.03. The van der Waals surface area contributed by atoms with E-state index in [0.717, 1.165) is 40.8 Å². The molecule has 3 atom stereocenters. The van der Waals surface area contributed by atoms with E-state index < -0.39 is 23.6 Å². The Balaban J connectivity index is 2.34. The molecule has 0 fully saturated rings. The summed E-state index contributed by atoms with van der Waals surface area (Å²) in [7, 11) is 0. The molecule has 0 saturated carbocycles. The molecule has 0 spiro atoms. The van der Waals surface area contributed by atoms with Crippen molar-refractivity contribution in [2.45, 2.75) is 59.9 Å². The van der Waals surface area contributed by atoms with Gasteiger partial charge in [0.05, 0.1) is 5.92 Å². The van der Waals surface area contributed by atoms with Crippen molar-refractivity contribution in [2.75, 3.05) is 0 Å². The molecule has 1 aliphatic rings. The van der Waals surface area contributed by atoms with Gasteiger partial charge in [-0.1, -0.05) is 54.1 Å². The average molecular weight is 464 g/mol.